The van der Waals surface area contributed by atoms with Gasteiger partial charge in [0.25, 0.3) is 0 Å². The van der Waals surface area contributed by atoms with Crippen LogP contribution in [0.5, 0.6) is 0 Å². The fraction of sp³-hybridized carbons (Fsp3) is 0.217. The van der Waals surface area contributed by atoms with E-state index in [1.54, 1.807) is 0 Å². The predicted molar refractivity (Wildman–Crippen MR) is 118 cm³/mol. The molecule has 3 aromatic rings. The van der Waals surface area contributed by atoms with Crippen LogP contribution in [-0.2, 0) is 0 Å². The average molecular weight is 413 g/mol. The number of benzene rings is 3. The number of unbranched alkanes of at least 4 members (excludes halogenated alkanes) is 2. The first-order chi connectivity index (χ1) is 12.4. The molecule has 0 aromatic heterocycles. The van der Waals surface area contributed by atoms with Gasteiger partial charge < -0.3 is 0 Å². The van der Waals surface area contributed by atoms with Gasteiger partial charge in [-0.2, -0.15) is 0 Å². The molecule has 0 N–H and O–H groups in total. The molecule has 0 spiro atoms. The van der Waals surface area contributed by atoms with E-state index in [0.29, 0.717) is 0 Å². The van der Waals surface area contributed by atoms with Crippen molar-refractivity contribution in [3.05, 3.63) is 91.0 Å². The van der Waals surface area contributed by atoms with Crippen molar-refractivity contribution in [3.8, 4) is 0 Å². The fourth-order valence-corrected chi connectivity index (χ4v) is 5.22. The molecule has 130 valence electrons. The Balaban J connectivity index is 0.000000326. The van der Waals surface area contributed by atoms with Crippen LogP contribution in [0.4, 0.5) is 0 Å². The van der Waals surface area contributed by atoms with E-state index in [1.807, 2.05) is 0 Å². The van der Waals surface area contributed by atoms with Crippen molar-refractivity contribution in [2.75, 3.05) is 5.33 Å². The Bertz CT molecular complexity index is 585. The first-order valence-corrected chi connectivity index (χ1v) is 11.3. The summed E-state index contributed by atoms with van der Waals surface area (Å²) in [6.07, 6.45) is 4.02. The smallest absolute Gasteiger partial charge is 0.00313 e. The van der Waals surface area contributed by atoms with E-state index >= 15 is 0 Å². The zero-order valence-corrected chi connectivity index (χ0v) is 17.3. The summed E-state index contributed by atoms with van der Waals surface area (Å²) >= 11 is 3.35. The summed E-state index contributed by atoms with van der Waals surface area (Å²) in [7, 11) is -0.446. The zero-order valence-electron chi connectivity index (χ0n) is 14.8. The number of hydrogen-bond donors (Lipinski definition) is 0. The molecule has 0 unspecified atom stereocenters. The van der Waals surface area contributed by atoms with Crippen LogP contribution < -0.4 is 15.9 Å². The third-order valence-corrected chi connectivity index (χ3v) is 6.78. The van der Waals surface area contributed by atoms with E-state index in [9.17, 15) is 0 Å². The lowest BCUT2D eigenvalue weighted by atomic mass is 10.3. The summed E-state index contributed by atoms with van der Waals surface area (Å²) in [5.41, 5.74) is 0. The van der Waals surface area contributed by atoms with Crippen molar-refractivity contribution >= 4 is 39.8 Å². The molecule has 0 bridgehead atoms. The lowest BCUT2D eigenvalue weighted by molar-refractivity contribution is 0.781. The Morgan fingerprint density at radius 3 is 1.20 bits per heavy atom. The van der Waals surface area contributed by atoms with Gasteiger partial charge in [0.2, 0.25) is 0 Å². The molecular formula is C23H26BrP. The standard InChI is InChI=1S/C18H15P.C5H11Br/c1-4-10-16(11-5-1)19(17-12-6-2-7-13-17)18-14-8-3-9-15-18;1-2-3-4-5-6/h1-15H;2-5H2,1H3. The van der Waals surface area contributed by atoms with Crippen LogP contribution in [0.25, 0.3) is 0 Å². The van der Waals surface area contributed by atoms with E-state index in [-0.39, 0.29) is 0 Å². The maximum absolute atomic E-state index is 3.35. The molecule has 0 aliphatic carbocycles. The monoisotopic (exact) mass is 412 g/mol. The molecule has 2 heteroatoms. The van der Waals surface area contributed by atoms with Crippen molar-refractivity contribution in [2.45, 2.75) is 26.2 Å². The molecule has 0 saturated carbocycles. The van der Waals surface area contributed by atoms with E-state index in [2.05, 4.69) is 114 Å². The van der Waals surface area contributed by atoms with Gasteiger partial charge in [0.05, 0.1) is 0 Å². The topological polar surface area (TPSA) is 0 Å². The Hall–Kier alpha value is -1.43. The molecule has 25 heavy (non-hydrogen) atoms. The third-order valence-electron chi connectivity index (χ3n) is 3.78. The number of alkyl halides is 1. The van der Waals surface area contributed by atoms with Crippen LogP contribution >= 0.6 is 23.9 Å². The lowest BCUT2D eigenvalue weighted by Crippen LogP contribution is -2.20. The number of rotatable bonds is 6. The molecule has 0 amide bonds. The van der Waals surface area contributed by atoms with E-state index in [1.165, 1.54) is 40.5 Å². The predicted octanol–water partition coefficient (Wildman–Crippen LogP) is 6.02. The van der Waals surface area contributed by atoms with Crippen molar-refractivity contribution < 1.29 is 0 Å². The Labute approximate surface area is 162 Å². The SMILES string of the molecule is CCCCCBr.c1ccc(P(c2ccccc2)c2ccccc2)cc1. The fourth-order valence-electron chi connectivity index (χ4n) is 2.52. The first-order valence-electron chi connectivity index (χ1n) is 8.88. The maximum atomic E-state index is 3.35. The number of halogens is 1. The van der Waals surface area contributed by atoms with Gasteiger partial charge in [-0.15, -0.1) is 0 Å². The molecule has 0 radical (unpaired) electrons. The van der Waals surface area contributed by atoms with Crippen molar-refractivity contribution in [1.82, 2.24) is 0 Å². The molecule has 0 aliphatic heterocycles. The molecule has 3 aromatic carbocycles. The molecule has 3 rings (SSSR count). The molecule has 0 atom stereocenters. The van der Waals surface area contributed by atoms with Gasteiger partial charge >= 0.3 is 0 Å². The highest BCUT2D eigenvalue weighted by atomic mass is 79.9. The van der Waals surface area contributed by atoms with Crippen LogP contribution in [0, 0.1) is 0 Å². The highest BCUT2D eigenvalue weighted by Gasteiger charge is 2.14. The second-order valence-corrected chi connectivity index (χ2v) is 8.75. The minimum atomic E-state index is -0.446. The van der Waals surface area contributed by atoms with Gasteiger partial charge in [-0.25, -0.2) is 0 Å². The largest absolute Gasteiger partial charge is 0.0928 e. The van der Waals surface area contributed by atoms with Crippen LogP contribution in [0.3, 0.4) is 0 Å². The Kier molecular flexibility index (Phi) is 9.55. The molecule has 0 saturated heterocycles. The van der Waals surface area contributed by atoms with Gasteiger partial charge in [0.1, 0.15) is 0 Å². The maximum Gasteiger partial charge on any atom is 0.00313 e. The van der Waals surface area contributed by atoms with Gasteiger partial charge in [0.15, 0.2) is 0 Å². The van der Waals surface area contributed by atoms with Crippen molar-refractivity contribution in [1.29, 1.82) is 0 Å². The minimum absolute atomic E-state index is 0.446. The molecule has 0 nitrogen and oxygen atoms in total. The van der Waals surface area contributed by atoms with Gasteiger partial charge in [-0.1, -0.05) is 127 Å². The van der Waals surface area contributed by atoms with Crippen LogP contribution in [-0.4, -0.2) is 5.33 Å². The summed E-state index contributed by atoms with van der Waals surface area (Å²) in [4.78, 5) is 0. The second kappa shape index (κ2) is 12.0. The van der Waals surface area contributed by atoms with Gasteiger partial charge in [-0.05, 0) is 30.3 Å². The summed E-state index contributed by atoms with van der Waals surface area (Å²) in [6.45, 7) is 2.21. The van der Waals surface area contributed by atoms with E-state index in [0.717, 1.165) is 0 Å². The molecule has 0 aliphatic rings. The van der Waals surface area contributed by atoms with Crippen molar-refractivity contribution in [3.63, 3.8) is 0 Å². The number of hydrogen-bond acceptors (Lipinski definition) is 0. The quantitative estimate of drug-likeness (QED) is 0.264. The zero-order chi connectivity index (χ0) is 17.7. The highest BCUT2D eigenvalue weighted by molar-refractivity contribution is 9.09. The third kappa shape index (κ3) is 6.77. The first kappa shape index (κ1) is 19.9. The van der Waals surface area contributed by atoms with E-state index in [4.69, 9.17) is 0 Å². The van der Waals surface area contributed by atoms with Gasteiger partial charge in [0, 0.05) is 5.33 Å². The Morgan fingerprint density at radius 2 is 0.960 bits per heavy atom. The average Bonchev–Trinajstić information content (AvgIpc) is 2.70. The Morgan fingerprint density at radius 1 is 0.600 bits per heavy atom. The second-order valence-electron chi connectivity index (χ2n) is 5.74. The molecule has 0 fully saturated rings. The molecular weight excluding hydrogens is 387 g/mol. The normalized spacial score (nSPS) is 10.2. The highest BCUT2D eigenvalue weighted by Crippen LogP contribution is 2.32. The van der Waals surface area contributed by atoms with Gasteiger partial charge in [-0.3, -0.25) is 0 Å². The van der Waals surface area contributed by atoms with Crippen LogP contribution in [0.1, 0.15) is 26.2 Å². The van der Waals surface area contributed by atoms with E-state index < -0.39 is 7.92 Å². The van der Waals surface area contributed by atoms with Crippen LogP contribution in [0.2, 0.25) is 0 Å². The van der Waals surface area contributed by atoms with Crippen LogP contribution in [0.15, 0.2) is 91.0 Å². The summed E-state index contributed by atoms with van der Waals surface area (Å²) in [5.74, 6) is 0. The summed E-state index contributed by atoms with van der Waals surface area (Å²) in [6, 6.07) is 32.3. The summed E-state index contributed by atoms with van der Waals surface area (Å²) in [5, 5.41) is 5.36. The van der Waals surface area contributed by atoms with Crippen molar-refractivity contribution in [2.24, 2.45) is 0 Å². The lowest BCUT2D eigenvalue weighted by Gasteiger charge is -2.18. The molecule has 0 heterocycles. The summed E-state index contributed by atoms with van der Waals surface area (Å²) < 4.78 is 0. The minimum Gasteiger partial charge on any atom is -0.0928 e.